The van der Waals surface area contributed by atoms with Gasteiger partial charge in [-0.1, -0.05) is 17.3 Å². The van der Waals surface area contributed by atoms with Crippen molar-refractivity contribution in [1.82, 2.24) is 20.3 Å². The van der Waals surface area contributed by atoms with Crippen LogP contribution in [0.25, 0.3) is 11.0 Å². The Labute approximate surface area is 99.0 Å². The molecule has 0 atom stereocenters. The van der Waals surface area contributed by atoms with E-state index in [1.54, 1.807) is 0 Å². The highest BCUT2D eigenvalue weighted by Gasteiger charge is 2.09. The first-order valence-corrected chi connectivity index (χ1v) is 4.99. The number of aliphatic imine (C=N–C) groups is 1. The van der Waals surface area contributed by atoms with Crippen molar-refractivity contribution in [3.05, 3.63) is 24.3 Å². The van der Waals surface area contributed by atoms with Crippen molar-refractivity contribution in [2.24, 2.45) is 4.99 Å². The molecule has 0 saturated carbocycles. The number of hydrogen-bond donors (Lipinski definition) is 1. The first kappa shape index (κ1) is 10.9. The molecule has 1 aromatic heterocycles. The molecule has 0 unspecified atom stereocenters. The molecule has 2 aromatic rings. The van der Waals surface area contributed by atoms with Gasteiger partial charge < -0.3 is 5.32 Å². The Morgan fingerprint density at radius 1 is 1.31 bits per heavy atom. The second kappa shape index (κ2) is 4.49. The maximum absolute atomic E-state index is 4.33. The highest BCUT2D eigenvalue weighted by molar-refractivity contribution is 5.85. The van der Waals surface area contributed by atoms with E-state index in [-0.39, 0.29) is 12.4 Å². The van der Waals surface area contributed by atoms with Gasteiger partial charge in [0.2, 0.25) is 0 Å². The van der Waals surface area contributed by atoms with Crippen molar-refractivity contribution < 1.29 is 0 Å². The summed E-state index contributed by atoms with van der Waals surface area (Å²) in [6.45, 7) is 2.48. The second-order valence-corrected chi connectivity index (χ2v) is 3.49. The Morgan fingerprint density at radius 3 is 3.00 bits per heavy atom. The van der Waals surface area contributed by atoms with E-state index in [0.717, 1.165) is 30.0 Å². The summed E-state index contributed by atoms with van der Waals surface area (Å²) in [5, 5.41) is 11.4. The number of nitrogens with one attached hydrogen (secondary N) is 1. The number of rotatable bonds is 2. The fourth-order valence-corrected chi connectivity index (χ4v) is 1.73. The monoisotopic (exact) mass is 237 g/mol. The highest BCUT2D eigenvalue weighted by Crippen LogP contribution is 2.09. The minimum Gasteiger partial charge on any atom is -0.370 e. The van der Waals surface area contributed by atoms with E-state index in [2.05, 4.69) is 20.6 Å². The van der Waals surface area contributed by atoms with Crippen molar-refractivity contribution in [3.8, 4) is 0 Å². The van der Waals surface area contributed by atoms with Gasteiger partial charge in [0.1, 0.15) is 17.9 Å². The predicted octanol–water partition coefficient (Wildman–Crippen LogP) is 0.855. The lowest BCUT2D eigenvalue weighted by molar-refractivity contribution is 0.692. The number of aromatic nitrogens is 3. The fourth-order valence-electron chi connectivity index (χ4n) is 1.73. The first-order chi connectivity index (χ1) is 7.43. The number of para-hydroxylation sites is 1. The fraction of sp³-hybridized carbons (Fsp3) is 0.300. The third-order valence-corrected chi connectivity index (χ3v) is 2.46. The summed E-state index contributed by atoms with van der Waals surface area (Å²) in [6.07, 6.45) is 0. The molecule has 0 spiro atoms. The van der Waals surface area contributed by atoms with Crippen LogP contribution in [0.1, 0.15) is 0 Å². The Bertz CT molecular complexity index is 519. The standard InChI is InChI=1S/C10H11N5.ClH/c1-2-4-9-8(3-1)13-14-15(9)7-10-11-5-6-12-10;/h1-4H,5-7H2,(H,11,12);1H. The van der Waals surface area contributed by atoms with Crippen LogP contribution in [0.3, 0.4) is 0 Å². The van der Waals surface area contributed by atoms with Crippen LogP contribution in [0.4, 0.5) is 0 Å². The Kier molecular flexibility index (Phi) is 3.05. The van der Waals surface area contributed by atoms with Crippen LogP contribution >= 0.6 is 12.4 Å². The number of benzene rings is 1. The number of amidine groups is 1. The van der Waals surface area contributed by atoms with Crippen LogP contribution in [0.5, 0.6) is 0 Å². The summed E-state index contributed by atoms with van der Waals surface area (Å²) in [4.78, 5) is 4.33. The van der Waals surface area contributed by atoms with Gasteiger partial charge >= 0.3 is 0 Å². The zero-order chi connectivity index (χ0) is 10.1. The van der Waals surface area contributed by atoms with Crippen LogP contribution in [0.2, 0.25) is 0 Å². The lowest BCUT2D eigenvalue weighted by atomic mass is 10.3. The third kappa shape index (κ3) is 1.86. The molecule has 6 heteroatoms. The van der Waals surface area contributed by atoms with Crippen molar-refractivity contribution >= 4 is 29.3 Å². The Morgan fingerprint density at radius 2 is 2.19 bits per heavy atom. The van der Waals surface area contributed by atoms with E-state index >= 15 is 0 Å². The van der Waals surface area contributed by atoms with Crippen molar-refractivity contribution in [3.63, 3.8) is 0 Å². The van der Waals surface area contributed by atoms with E-state index in [1.807, 2.05) is 28.9 Å². The molecule has 1 N–H and O–H groups in total. The van der Waals surface area contributed by atoms with Gasteiger partial charge in [-0.25, -0.2) is 4.68 Å². The summed E-state index contributed by atoms with van der Waals surface area (Å²) in [5.41, 5.74) is 1.98. The molecule has 0 amide bonds. The second-order valence-electron chi connectivity index (χ2n) is 3.49. The van der Waals surface area contributed by atoms with Gasteiger partial charge in [0.15, 0.2) is 0 Å². The molecule has 1 aliphatic rings. The smallest absolute Gasteiger partial charge is 0.118 e. The highest BCUT2D eigenvalue weighted by atomic mass is 35.5. The summed E-state index contributed by atoms with van der Waals surface area (Å²) in [5.74, 6) is 0.991. The van der Waals surface area contributed by atoms with E-state index < -0.39 is 0 Å². The van der Waals surface area contributed by atoms with Crippen LogP contribution < -0.4 is 5.32 Å². The van der Waals surface area contributed by atoms with Crippen LogP contribution in [0.15, 0.2) is 29.3 Å². The molecule has 5 nitrogen and oxygen atoms in total. The first-order valence-electron chi connectivity index (χ1n) is 4.99. The SMILES string of the molecule is Cl.c1ccc2c(c1)nnn2CC1=NCCN1. The topological polar surface area (TPSA) is 55.1 Å². The van der Waals surface area contributed by atoms with Crippen LogP contribution in [-0.4, -0.2) is 33.9 Å². The maximum Gasteiger partial charge on any atom is 0.118 e. The number of halogens is 1. The summed E-state index contributed by atoms with van der Waals surface area (Å²) in [7, 11) is 0. The average Bonchev–Trinajstić information content (AvgIpc) is 2.89. The molecular formula is C10H12ClN5. The lowest BCUT2D eigenvalue weighted by Crippen LogP contribution is -2.24. The number of hydrogen-bond acceptors (Lipinski definition) is 4. The molecule has 16 heavy (non-hydrogen) atoms. The molecule has 0 aliphatic carbocycles. The van der Waals surface area contributed by atoms with Gasteiger partial charge in [-0.15, -0.1) is 17.5 Å². The van der Waals surface area contributed by atoms with Gasteiger partial charge in [0.05, 0.1) is 12.1 Å². The van der Waals surface area contributed by atoms with E-state index in [9.17, 15) is 0 Å². The molecule has 0 bridgehead atoms. The van der Waals surface area contributed by atoms with E-state index in [4.69, 9.17) is 0 Å². The molecule has 84 valence electrons. The van der Waals surface area contributed by atoms with Crippen molar-refractivity contribution in [1.29, 1.82) is 0 Å². The minimum absolute atomic E-state index is 0. The number of nitrogens with zero attached hydrogens (tertiary/aromatic N) is 4. The molecular weight excluding hydrogens is 226 g/mol. The van der Waals surface area contributed by atoms with E-state index in [1.165, 1.54) is 0 Å². The molecule has 2 heterocycles. The third-order valence-electron chi connectivity index (χ3n) is 2.46. The van der Waals surface area contributed by atoms with Gasteiger partial charge in [-0.05, 0) is 12.1 Å². The molecule has 3 rings (SSSR count). The van der Waals surface area contributed by atoms with Gasteiger partial charge in [-0.3, -0.25) is 4.99 Å². The average molecular weight is 238 g/mol. The van der Waals surface area contributed by atoms with Crippen LogP contribution in [0, 0.1) is 0 Å². The van der Waals surface area contributed by atoms with Crippen molar-refractivity contribution in [2.45, 2.75) is 6.54 Å². The van der Waals surface area contributed by atoms with E-state index in [0.29, 0.717) is 6.54 Å². The minimum atomic E-state index is 0. The molecule has 0 fully saturated rings. The quantitative estimate of drug-likeness (QED) is 0.843. The van der Waals surface area contributed by atoms with Crippen molar-refractivity contribution in [2.75, 3.05) is 13.1 Å². The molecule has 0 radical (unpaired) electrons. The predicted molar refractivity (Wildman–Crippen MR) is 65.1 cm³/mol. The normalized spacial score (nSPS) is 14.4. The molecule has 1 aliphatic heterocycles. The Balaban J connectivity index is 0.000000963. The molecule has 1 aromatic carbocycles. The van der Waals surface area contributed by atoms with Gasteiger partial charge in [-0.2, -0.15) is 0 Å². The maximum atomic E-state index is 4.33. The van der Waals surface area contributed by atoms with Gasteiger partial charge in [0, 0.05) is 6.54 Å². The lowest BCUT2D eigenvalue weighted by Gasteiger charge is -2.02. The Hall–Kier alpha value is -1.62. The summed E-state index contributed by atoms with van der Waals surface area (Å²) < 4.78 is 1.87. The van der Waals surface area contributed by atoms with Gasteiger partial charge in [0.25, 0.3) is 0 Å². The van der Waals surface area contributed by atoms with Crippen LogP contribution in [-0.2, 0) is 6.54 Å². The number of fused-ring (bicyclic) bond motifs is 1. The largest absolute Gasteiger partial charge is 0.370 e. The summed E-state index contributed by atoms with van der Waals surface area (Å²) in [6, 6.07) is 7.94. The summed E-state index contributed by atoms with van der Waals surface area (Å²) >= 11 is 0. The molecule has 0 saturated heterocycles. The zero-order valence-electron chi connectivity index (χ0n) is 8.63. The zero-order valence-corrected chi connectivity index (χ0v) is 9.44.